The first-order valence-electron chi connectivity index (χ1n) is 3.58. The average molecular weight is 160 g/mol. The molecule has 0 aromatic heterocycles. The highest BCUT2D eigenvalue weighted by molar-refractivity contribution is 4.92. The van der Waals surface area contributed by atoms with E-state index in [0.29, 0.717) is 6.42 Å². The van der Waals surface area contributed by atoms with E-state index in [-0.39, 0.29) is 12.7 Å². The first-order chi connectivity index (χ1) is 5.11. The Bertz CT molecular complexity index is 123. The predicted octanol–water partition coefficient (Wildman–Crippen LogP) is 0.321. The Labute approximate surface area is 67.3 Å². The molecule has 0 rings (SSSR count). The fourth-order valence-electron chi connectivity index (χ4n) is 0.837. The van der Waals surface area contributed by atoms with Crippen molar-refractivity contribution in [3.63, 3.8) is 0 Å². The summed E-state index contributed by atoms with van der Waals surface area (Å²) in [6.45, 7) is 5.27. The van der Waals surface area contributed by atoms with Gasteiger partial charge in [-0.15, -0.1) is 6.58 Å². The van der Waals surface area contributed by atoms with Crippen molar-refractivity contribution in [1.29, 1.82) is 0 Å². The maximum Gasteiger partial charge on any atom is 0.103 e. The molecule has 66 valence electrons. The zero-order valence-electron chi connectivity index (χ0n) is 7.08. The quantitative estimate of drug-likeness (QED) is 0.569. The van der Waals surface area contributed by atoms with E-state index in [0.717, 1.165) is 5.57 Å². The molecule has 0 aromatic rings. The summed E-state index contributed by atoms with van der Waals surface area (Å²) in [6, 6.07) is 0. The van der Waals surface area contributed by atoms with Gasteiger partial charge >= 0.3 is 0 Å². The molecule has 3 nitrogen and oxygen atoms in total. The summed E-state index contributed by atoms with van der Waals surface area (Å²) in [5.74, 6) is 0. The predicted molar refractivity (Wildman–Crippen MR) is 43.3 cm³/mol. The monoisotopic (exact) mass is 160 g/mol. The van der Waals surface area contributed by atoms with Crippen molar-refractivity contribution in [1.82, 2.24) is 0 Å². The number of aliphatic hydroxyl groups is 2. The lowest BCUT2D eigenvalue weighted by molar-refractivity contribution is -0.0366. The summed E-state index contributed by atoms with van der Waals surface area (Å²) in [5, 5.41) is 17.7. The smallest absolute Gasteiger partial charge is 0.103 e. The highest BCUT2D eigenvalue weighted by Crippen LogP contribution is 2.08. The molecule has 0 bridgehead atoms. The number of methoxy groups -OCH3 is 1. The van der Waals surface area contributed by atoms with Crippen LogP contribution in [0.3, 0.4) is 0 Å². The molecule has 2 atom stereocenters. The minimum atomic E-state index is -0.809. The number of hydrogen-bond acceptors (Lipinski definition) is 3. The Kier molecular flexibility index (Phi) is 5.11. The van der Waals surface area contributed by atoms with Crippen LogP contribution in [0.1, 0.15) is 13.3 Å². The molecule has 0 amide bonds. The second-order valence-corrected chi connectivity index (χ2v) is 2.69. The second-order valence-electron chi connectivity index (χ2n) is 2.69. The van der Waals surface area contributed by atoms with Gasteiger partial charge in [0.25, 0.3) is 0 Å². The third-order valence-electron chi connectivity index (χ3n) is 1.47. The minimum absolute atomic E-state index is 0.272. The van der Waals surface area contributed by atoms with E-state index in [9.17, 15) is 0 Å². The van der Waals surface area contributed by atoms with Gasteiger partial charge in [0.15, 0.2) is 0 Å². The van der Waals surface area contributed by atoms with Crippen molar-refractivity contribution in [2.45, 2.75) is 25.6 Å². The lowest BCUT2D eigenvalue weighted by atomic mass is 10.1. The highest BCUT2D eigenvalue weighted by atomic mass is 16.5. The van der Waals surface area contributed by atoms with E-state index in [1.807, 2.05) is 6.92 Å². The molecular weight excluding hydrogens is 144 g/mol. The first kappa shape index (κ1) is 10.6. The Balaban J connectivity index is 3.84. The van der Waals surface area contributed by atoms with E-state index in [2.05, 4.69) is 6.58 Å². The van der Waals surface area contributed by atoms with Crippen LogP contribution < -0.4 is 0 Å². The fourth-order valence-corrected chi connectivity index (χ4v) is 0.837. The number of aliphatic hydroxyl groups excluding tert-OH is 2. The van der Waals surface area contributed by atoms with E-state index in [4.69, 9.17) is 14.9 Å². The normalized spacial score (nSPS) is 16.0. The summed E-state index contributed by atoms with van der Waals surface area (Å²) in [7, 11) is 1.51. The number of ether oxygens (including phenoxy) is 1. The van der Waals surface area contributed by atoms with E-state index < -0.39 is 6.10 Å². The zero-order valence-corrected chi connectivity index (χ0v) is 7.08. The van der Waals surface area contributed by atoms with Crippen LogP contribution in [0.4, 0.5) is 0 Å². The maximum absolute atomic E-state index is 9.15. The van der Waals surface area contributed by atoms with Gasteiger partial charge in [0.1, 0.15) is 6.10 Å². The second kappa shape index (κ2) is 5.29. The molecule has 0 aliphatic heterocycles. The molecule has 2 N–H and O–H groups in total. The van der Waals surface area contributed by atoms with Crippen LogP contribution in [0.2, 0.25) is 0 Å². The Morgan fingerprint density at radius 2 is 2.18 bits per heavy atom. The third-order valence-corrected chi connectivity index (χ3v) is 1.47. The van der Waals surface area contributed by atoms with Gasteiger partial charge in [-0.1, -0.05) is 5.57 Å². The SMILES string of the molecule is C=C(C)C[C@H](OC)[C@H](O)CO. The molecule has 0 aliphatic carbocycles. The Hall–Kier alpha value is -0.380. The summed E-state index contributed by atoms with van der Waals surface area (Å²) in [5.41, 5.74) is 0.935. The van der Waals surface area contributed by atoms with Gasteiger partial charge in [-0.3, -0.25) is 0 Å². The van der Waals surface area contributed by atoms with E-state index >= 15 is 0 Å². The molecule has 0 saturated heterocycles. The standard InChI is InChI=1S/C8H16O3/c1-6(2)4-8(11-3)7(10)5-9/h7-10H,1,4-5H2,2-3H3/t7-,8+/m1/s1. The molecule has 0 fully saturated rings. The van der Waals surface area contributed by atoms with Gasteiger partial charge in [0.2, 0.25) is 0 Å². The lowest BCUT2D eigenvalue weighted by Crippen LogP contribution is -2.31. The molecule has 3 heteroatoms. The molecule has 0 aliphatic rings. The average Bonchev–Trinajstić information content (AvgIpc) is 1.98. The summed E-state index contributed by atoms with van der Waals surface area (Å²) >= 11 is 0. The lowest BCUT2D eigenvalue weighted by Gasteiger charge is -2.19. The van der Waals surface area contributed by atoms with E-state index in [1.165, 1.54) is 7.11 Å². The van der Waals surface area contributed by atoms with Gasteiger partial charge < -0.3 is 14.9 Å². The van der Waals surface area contributed by atoms with Crippen LogP contribution >= 0.6 is 0 Å². The summed E-state index contributed by atoms with van der Waals surface area (Å²) in [4.78, 5) is 0. The topological polar surface area (TPSA) is 49.7 Å². The van der Waals surface area contributed by atoms with Crippen molar-refractivity contribution >= 4 is 0 Å². The molecule has 0 radical (unpaired) electrons. The third kappa shape index (κ3) is 4.14. The zero-order chi connectivity index (χ0) is 8.85. The van der Waals surface area contributed by atoms with Gasteiger partial charge in [0, 0.05) is 7.11 Å². The maximum atomic E-state index is 9.15. The summed E-state index contributed by atoms with van der Waals surface area (Å²) < 4.78 is 4.94. The fraction of sp³-hybridized carbons (Fsp3) is 0.750. The molecule has 0 heterocycles. The van der Waals surface area contributed by atoms with Crippen molar-refractivity contribution in [2.75, 3.05) is 13.7 Å². The molecular formula is C8H16O3. The number of hydrogen-bond donors (Lipinski definition) is 2. The molecule has 11 heavy (non-hydrogen) atoms. The Morgan fingerprint density at radius 1 is 1.64 bits per heavy atom. The van der Waals surface area contributed by atoms with Crippen LogP contribution in [-0.4, -0.2) is 36.1 Å². The largest absolute Gasteiger partial charge is 0.394 e. The van der Waals surface area contributed by atoms with Crippen LogP contribution in [0.25, 0.3) is 0 Å². The van der Waals surface area contributed by atoms with Crippen LogP contribution in [0.15, 0.2) is 12.2 Å². The van der Waals surface area contributed by atoms with Crippen molar-refractivity contribution in [2.24, 2.45) is 0 Å². The van der Waals surface area contributed by atoms with Gasteiger partial charge in [-0.05, 0) is 13.3 Å². The molecule has 0 saturated carbocycles. The highest BCUT2D eigenvalue weighted by Gasteiger charge is 2.16. The first-order valence-corrected chi connectivity index (χ1v) is 3.58. The van der Waals surface area contributed by atoms with Gasteiger partial charge in [-0.2, -0.15) is 0 Å². The number of rotatable bonds is 5. The molecule has 0 spiro atoms. The van der Waals surface area contributed by atoms with Crippen molar-refractivity contribution < 1.29 is 14.9 Å². The van der Waals surface area contributed by atoms with Crippen molar-refractivity contribution in [3.05, 3.63) is 12.2 Å². The minimum Gasteiger partial charge on any atom is -0.394 e. The van der Waals surface area contributed by atoms with Crippen molar-refractivity contribution in [3.8, 4) is 0 Å². The van der Waals surface area contributed by atoms with Gasteiger partial charge in [0.05, 0.1) is 12.7 Å². The van der Waals surface area contributed by atoms with Crippen LogP contribution in [0.5, 0.6) is 0 Å². The van der Waals surface area contributed by atoms with Crippen LogP contribution in [-0.2, 0) is 4.74 Å². The Morgan fingerprint density at radius 3 is 2.45 bits per heavy atom. The molecule has 0 aromatic carbocycles. The van der Waals surface area contributed by atoms with Gasteiger partial charge in [-0.25, -0.2) is 0 Å². The van der Waals surface area contributed by atoms with Crippen LogP contribution in [0, 0.1) is 0 Å². The molecule has 0 unspecified atom stereocenters. The van der Waals surface area contributed by atoms with E-state index in [1.54, 1.807) is 0 Å². The summed E-state index contributed by atoms with van der Waals surface area (Å²) in [6.07, 6.45) is -0.563.